The van der Waals surface area contributed by atoms with Gasteiger partial charge in [0.2, 0.25) is 0 Å². The zero-order chi connectivity index (χ0) is 15.6. The van der Waals surface area contributed by atoms with E-state index in [2.05, 4.69) is 23.7 Å². The van der Waals surface area contributed by atoms with Crippen molar-refractivity contribution in [3.05, 3.63) is 23.0 Å². The minimum absolute atomic E-state index is 0.0145. The minimum Gasteiger partial charge on any atom is -0.382 e. The molecule has 1 atom stereocenters. The Balaban J connectivity index is 2.04. The van der Waals surface area contributed by atoms with E-state index in [-0.39, 0.29) is 17.5 Å². The number of carbonyl (C=O) groups excluding carboxylic acids is 1. The minimum atomic E-state index is -0.259. The molecule has 2 heterocycles. The molecule has 0 aliphatic carbocycles. The van der Waals surface area contributed by atoms with Crippen molar-refractivity contribution in [2.75, 3.05) is 33.4 Å². The predicted octanol–water partition coefficient (Wildman–Crippen LogP) is 1.94. The lowest BCUT2D eigenvalue weighted by Gasteiger charge is -2.42. The van der Waals surface area contributed by atoms with Crippen molar-refractivity contribution in [3.63, 3.8) is 0 Å². The number of morpholine rings is 1. The molecule has 0 spiro atoms. The highest BCUT2D eigenvalue weighted by molar-refractivity contribution is 5.98. The van der Waals surface area contributed by atoms with Crippen LogP contribution < -0.4 is 0 Å². The zero-order valence-electron chi connectivity index (χ0n) is 13.7. The van der Waals surface area contributed by atoms with E-state index >= 15 is 0 Å². The van der Waals surface area contributed by atoms with Gasteiger partial charge < -0.3 is 14.5 Å². The molecule has 5 nitrogen and oxygen atoms in total. The summed E-state index contributed by atoms with van der Waals surface area (Å²) in [6.07, 6.45) is 0.0145. The molecule has 0 bridgehead atoms. The van der Waals surface area contributed by atoms with Gasteiger partial charge >= 0.3 is 0 Å². The zero-order valence-corrected chi connectivity index (χ0v) is 13.7. The summed E-state index contributed by atoms with van der Waals surface area (Å²) in [7, 11) is 1.67. The van der Waals surface area contributed by atoms with Crippen LogP contribution in [0.15, 0.2) is 6.07 Å². The molecule has 1 aromatic rings. The molecule has 118 valence electrons. The number of aromatic nitrogens is 1. The van der Waals surface area contributed by atoms with Crippen molar-refractivity contribution >= 4 is 5.78 Å². The molecular weight excluding hydrogens is 268 g/mol. The maximum absolute atomic E-state index is 12.5. The molecule has 1 aromatic heterocycles. The summed E-state index contributed by atoms with van der Waals surface area (Å²) in [4.78, 5) is 17.8. The molecule has 1 unspecified atom stereocenters. The Morgan fingerprint density at radius 3 is 2.81 bits per heavy atom. The molecule has 0 amide bonds. The van der Waals surface area contributed by atoms with Gasteiger partial charge in [0, 0.05) is 37.2 Å². The number of H-pyrrole nitrogens is 1. The number of Topliss-reactive ketones (excluding diaryl/α,β-unsaturated/α-hetero) is 1. The molecule has 1 N–H and O–H groups in total. The highest BCUT2D eigenvalue weighted by Crippen LogP contribution is 2.22. The average Bonchev–Trinajstić information content (AvgIpc) is 2.66. The molecule has 1 aliphatic rings. The van der Waals surface area contributed by atoms with Crippen LogP contribution >= 0.6 is 0 Å². The van der Waals surface area contributed by atoms with Crippen LogP contribution in [0.3, 0.4) is 0 Å². The summed E-state index contributed by atoms with van der Waals surface area (Å²) in [6.45, 7) is 10.5. The topological polar surface area (TPSA) is 54.6 Å². The predicted molar refractivity (Wildman–Crippen MR) is 81.9 cm³/mol. The summed E-state index contributed by atoms with van der Waals surface area (Å²) in [5.41, 5.74) is 2.50. The molecule has 1 fully saturated rings. The summed E-state index contributed by atoms with van der Waals surface area (Å²) in [6, 6.07) is 1.93. The fraction of sp³-hybridized carbons (Fsp3) is 0.688. The number of aromatic amines is 1. The van der Waals surface area contributed by atoms with Crippen LogP contribution in [0.4, 0.5) is 0 Å². The van der Waals surface area contributed by atoms with Crippen LogP contribution in [-0.4, -0.2) is 60.7 Å². The first-order chi connectivity index (χ1) is 9.80. The first-order valence-corrected chi connectivity index (χ1v) is 7.39. The van der Waals surface area contributed by atoms with Crippen LogP contribution in [0.1, 0.15) is 35.6 Å². The Labute approximate surface area is 126 Å². The highest BCUT2D eigenvalue weighted by atomic mass is 16.5. The lowest BCUT2D eigenvalue weighted by atomic mass is 10.0. The van der Waals surface area contributed by atoms with Gasteiger partial charge in [-0.2, -0.15) is 0 Å². The molecule has 1 saturated heterocycles. The number of nitrogens with one attached hydrogen (secondary N) is 1. The Bertz CT molecular complexity index is 508. The number of methoxy groups -OCH3 is 1. The Kier molecular flexibility index (Phi) is 4.86. The Morgan fingerprint density at radius 1 is 1.52 bits per heavy atom. The fourth-order valence-corrected chi connectivity index (χ4v) is 3.11. The van der Waals surface area contributed by atoms with Crippen LogP contribution in [-0.2, 0) is 9.47 Å². The van der Waals surface area contributed by atoms with E-state index in [1.54, 1.807) is 7.11 Å². The fourth-order valence-electron chi connectivity index (χ4n) is 3.11. The normalized spacial score (nSPS) is 22.4. The Hall–Kier alpha value is -1.17. The standard InChI is InChI=1S/C16H26N2O3/c1-11-6-14(12(2)17-11)15(19)8-18-7-13(9-20-5)21-16(3,4)10-18/h6,13,17H,7-10H2,1-5H3. The molecular formula is C16H26N2O3. The summed E-state index contributed by atoms with van der Waals surface area (Å²) in [5, 5.41) is 0. The molecule has 0 saturated carbocycles. The van der Waals surface area contributed by atoms with E-state index < -0.39 is 0 Å². The third-order valence-corrected chi connectivity index (χ3v) is 3.72. The number of carbonyl (C=O) groups is 1. The van der Waals surface area contributed by atoms with Crippen molar-refractivity contribution in [1.29, 1.82) is 0 Å². The van der Waals surface area contributed by atoms with Gasteiger partial charge in [-0.05, 0) is 33.8 Å². The highest BCUT2D eigenvalue weighted by Gasteiger charge is 2.34. The second-order valence-corrected chi connectivity index (χ2v) is 6.54. The average molecular weight is 294 g/mol. The number of hydrogen-bond donors (Lipinski definition) is 1. The van der Waals surface area contributed by atoms with Gasteiger partial charge in [-0.15, -0.1) is 0 Å². The second-order valence-electron chi connectivity index (χ2n) is 6.54. The third kappa shape index (κ3) is 4.15. The van der Waals surface area contributed by atoms with E-state index in [4.69, 9.17) is 9.47 Å². The van der Waals surface area contributed by atoms with Crippen molar-refractivity contribution in [3.8, 4) is 0 Å². The van der Waals surface area contributed by atoms with Gasteiger partial charge in [0.05, 0.1) is 24.9 Å². The van der Waals surface area contributed by atoms with E-state index in [1.165, 1.54) is 0 Å². The number of ether oxygens (including phenoxy) is 2. The van der Waals surface area contributed by atoms with Gasteiger partial charge in [0.15, 0.2) is 5.78 Å². The van der Waals surface area contributed by atoms with Crippen molar-refractivity contribution in [1.82, 2.24) is 9.88 Å². The first-order valence-electron chi connectivity index (χ1n) is 7.39. The quantitative estimate of drug-likeness (QED) is 0.843. The Morgan fingerprint density at radius 2 is 2.24 bits per heavy atom. The second kappa shape index (κ2) is 6.30. The van der Waals surface area contributed by atoms with E-state index in [0.717, 1.165) is 30.0 Å². The summed E-state index contributed by atoms with van der Waals surface area (Å²) < 4.78 is 11.2. The van der Waals surface area contributed by atoms with Gasteiger partial charge in [-0.3, -0.25) is 9.69 Å². The van der Waals surface area contributed by atoms with Crippen LogP contribution in [0.2, 0.25) is 0 Å². The van der Waals surface area contributed by atoms with Gasteiger partial charge in [0.1, 0.15) is 0 Å². The maximum atomic E-state index is 12.5. The molecule has 0 radical (unpaired) electrons. The van der Waals surface area contributed by atoms with Crippen LogP contribution in [0.5, 0.6) is 0 Å². The van der Waals surface area contributed by atoms with Gasteiger partial charge in [0.25, 0.3) is 0 Å². The largest absolute Gasteiger partial charge is 0.382 e. The van der Waals surface area contributed by atoms with Crippen LogP contribution in [0, 0.1) is 13.8 Å². The van der Waals surface area contributed by atoms with Crippen molar-refractivity contribution in [2.45, 2.75) is 39.4 Å². The van der Waals surface area contributed by atoms with E-state index in [0.29, 0.717) is 13.2 Å². The molecule has 21 heavy (non-hydrogen) atoms. The van der Waals surface area contributed by atoms with Crippen molar-refractivity contribution in [2.24, 2.45) is 0 Å². The number of nitrogens with zero attached hydrogens (tertiary/aromatic N) is 1. The molecule has 2 rings (SSSR count). The van der Waals surface area contributed by atoms with Gasteiger partial charge in [-0.1, -0.05) is 0 Å². The lowest BCUT2D eigenvalue weighted by Crippen LogP contribution is -2.55. The third-order valence-electron chi connectivity index (χ3n) is 3.72. The summed E-state index contributed by atoms with van der Waals surface area (Å²) in [5.74, 6) is 0.158. The van der Waals surface area contributed by atoms with Crippen molar-refractivity contribution < 1.29 is 14.3 Å². The SMILES string of the molecule is COCC1CN(CC(=O)c2cc(C)[nH]c2C)CC(C)(C)O1. The number of rotatable bonds is 5. The lowest BCUT2D eigenvalue weighted by molar-refractivity contribution is -0.150. The molecule has 1 aliphatic heterocycles. The number of aryl methyl sites for hydroxylation is 2. The first kappa shape index (κ1) is 16.2. The van der Waals surface area contributed by atoms with E-state index in [1.807, 2.05) is 19.9 Å². The maximum Gasteiger partial charge on any atom is 0.178 e. The smallest absolute Gasteiger partial charge is 0.178 e. The monoisotopic (exact) mass is 294 g/mol. The number of hydrogen-bond acceptors (Lipinski definition) is 4. The van der Waals surface area contributed by atoms with Crippen LogP contribution in [0.25, 0.3) is 0 Å². The molecule has 5 heteroatoms. The van der Waals surface area contributed by atoms with Gasteiger partial charge in [-0.25, -0.2) is 0 Å². The summed E-state index contributed by atoms with van der Waals surface area (Å²) >= 11 is 0. The number of ketones is 1. The van der Waals surface area contributed by atoms with E-state index in [9.17, 15) is 4.79 Å². The molecule has 0 aromatic carbocycles.